The second kappa shape index (κ2) is 30.7. The SMILES string of the molecule is CC(OC(=O)C12CC3CC(C1)CC(C1(O)CCCC1)(C3)C2)C(F)(F)S(=O)(=O)[O-].CC(OC(=O)C1C2CC3CC1CC(C1(O)CCCC1)(C3)C2)C(F)(F)S(=O)(=O)[O-].CC(OC(=O)COC1C2OC(=O)C3C2OC1C3C1(O)CCCC1)C(F)(F)S(=O)(=O)[O-].CC(OC(=O)COC1C2OC(=O)C3C2SC1C3C1(O)CCCC1)C(F)(F)S(=O)(=O)[O-]. The maximum atomic E-state index is 13.8. The van der Waals surface area contributed by atoms with E-state index >= 15 is 0 Å². The number of alkyl halides is 8. The minimum Gasteiger partial charge on any atom is -0.743 e. The number of halogens is 8. The molecule has 20 atom stereocenters. The number of ether oxygens (including phenoxy) is 9. The quantitative estimate of drug-likeness (QED) is 0.0381. The standard InChI is InChI=1S/2C19H28F2O6S.C17H22F2O10S.C17H22F2O9S2/c1-12(19(20,21)28(24,25)26)27-15(22)16-7-13-6-14(8-16)10-17(9-13,11-16)18(23)4-2-3-5-18;1-11(19(20,21)28(24,25)26)27-16(22)15-13-6-12-7-14(15)10-17(8-12,9-13)18(23)4-2-3-5-18;1-7(17(18,19)30(23,24)25)27-8(20)6-26-13-12-10(16(22)4-2-3-5-16)9-11(28-12)14(13)29-15(9)21;1-7(17(18,19)30(23,24)25)27-8(20)6-26-11-12-13-9(15(21)28-12)10(14(11)29-13)16(22)4-2-3-5-16/h12-14,23H,2-11H2,1H3,(H,24,25,26);11-15,23H,2-10H2,1H3,(H,24,25,26);2*7,9-14,22H,2-6H2,1H3,(H,23,24,25)/p-4. The van der Waals surface area contributed by atoms with Crippen molar-refractivity contribution in [2.45, 2.75) is 316 Å². The third-order valence-electron chi connectivity index (χ3n) is 29.1. The second-order valence-electron chi connectivity index (χ2n) is 35.9. The zero-order chi connectivity index (χ0) is 85.2. The Morgan fingerprint density at radius 2 is 0.853 bits per heavy atom. The van der Waals surface area contributed by atoms with Gasteiger partial charge in [-0.15, -0.1) is 11.8 Å². The Labute approximate surface area is 668 Å². The molecule has 0 aromatic rings. The highest BCUT2D eigenvalue weighted by Gasteiger charge is 2.75. The maximum Gasteiger partial charge on any atom is 0.370 e. The molecule has 31 nitrogen and oxygen atoms in total. The van der Waals surface area contributed by atoms with E-state index < -0.39 is 234 Å². The third-order valence-corrected chi connectivity index (χ3v) is 34.8. The van der Waals surface area contributed by atoms with E-state index in [-0.39, 0.29) is 39.6 Å². The van der Waals surface area contributed by atoms with Crippen molar-refractivity contribution in [2.75, 3.05) is 13.2 Å². The second-order valence-corrected chi connectivity index (χ2v) is 43.1. The first-order valence-electron chi connectivity index (χ1n) is 39.4. The van der Waals surface area contributed by atoms with Gasteiger partial charge in [-0.3, -0.25) is 19.2 Å². The van der Waals surface area contributed by atoms with E-state index in [1.165, 1.54) is 11.8 Å². The predicted molar refractivity (Wildman–Crippen MR) is 371 cm³/mol. The number of hydrogen-bond donors (Lipinski definition) is 4. The van der Waals surface area contributed by atoms with Gasteiger partial charge in [0.1, 0.15) is 37.6 Å². The molecule has 6 saturated heterocycles. The average Bonchev–Trinajstić information content (AvgIpc) is 1.33. The zero-order valence-corrected chi connectivity index (χ0v) is 67.7. The van der Waals surface area contributed by atoms with Crippen molar-refractivity contribution < 1.29 is 179 Å². The summed E-state index contributed by atoms with van der Waals surface area (Å²) in [5, 5.41) is 25.4. The number of fused-ring (bicyclic) bond motifs is 2. The van der Waals surface area contributed by atoms with Crippen molar-refractivity contribution >= 4 is 88.1 Å². The molecule has 0 aromatic carbocycles. The molecule has 18 aliphatic rings. The Morgan fingerprint density at radius 3 is 1.31 bits per heavy atom. The largest absolute Gasteiger partial charge is 0.743 e. The molecular weight excluding hydrogens is 1670 g/mol. The van der Waals surface area contributed by atoms with E-state index in [1.54, 1.807) is 0 Å². The Bertz CT molecular complexity index is 4120. The minimum atomic E-state index is -6.03. The summed E-state index contributed by atoms with van der Waals surface area (Å²) in [6.45, 7) is 0.997. The highest BCUT2D eigenvalue weighted by Crippen LogP contribution is 2.72. The molecule has 0 spiro atoms. The highest BCUT2D eigenvalue weighted by atomic mass is 32.2. The van der Waals surface area contributed by atoms with Crippen LogP contribution in [0.1, 0.15) is 201 Å². The van der Waals surface area contributed by atoms with Crippen LogP contribution in [0.25, 0.3) is 0 Å². The van der Waals surface area contributed by atoms with Crippen LogP contribution < -0.4 is 0 Å². The highest BCUT2D eigenvalue weighted by molar-refractivity contribution is 8.01. The smallest absolute Gasteiger partial charge is 0.370 e. The van der Waals surface area contributed by atoms with Gasteiger partial charge in [-0.05, 0) is 185 Å². The van der Waals surface area contributed by atoms with E-state index in [1.807, 2.05) is 0 Å². The number of thioether (sulfide) groups is 1. The van der Waals surface area contributed by atoms with E-state index in [2.05, 4.69) is 9.47 Å². The van der Waals surface area contributed by atoms with Crippen molar-refractivity contribution in [1.82, 2.24) is 0 Å². The van der Waals surface area contributed by atoms with Gasteiger partial charge < -0.3 is 81.3 Å². The molecule has 12 saturated carbocycles. The molecule has 4 N–H and O–H groups in total. The number of esters is 6. The molecule has 660 valence electrons. The van der Waals surface area contributed by atoms with Crippen LogP contribution in [0.15, 0.2) is 0 Å². The monoisotopic (exact) mass is 1770 g/mol. The summed E-state index contributed by atoms with van der Waals surface area (Å²) in [6.07, 6.45) is 6.07. The van der Waals surface area contributed by atoms with Gasteiger partial charge in [0.2, 0.25) is 0 Å². The number of rotatable bonds is 24. The van der Waals surface area contributed by atoms with Gasteiger partial charge in [0, 0.05) is 22.5 Å². The minimum absolute atomic E-state index is 0.0481. The first-order valence-corrected chi connectivity index (χ1v) is 46.0. The van der Waals surface area contributed by atoms with Crippen molar-refractivity contribution in [2.24, 2.45) is 75.4 Å². The number of carbonyl (C=O) groups excluding carboxylic acids is 6. The number of hydrogen-bond acceptors (Lipinski definition) is 32. The molecule has 20 unspecified atom stereocenters. The van der Waals surface area contributed by atoms with Gasteiger partial charge >= 0.3 is 56.8 Å². The summed E-state index contributed by atoms with van der Waals surface area (Å²) < 4.78 is 284. The van der Waals surface area contributed by atoms with Crippen molar-refractivity contribution in [3.8, 4) is 0 Å². The molecule has 18 rings (SSSR count). The van der Waals surface area contributed by atoms with Gasteiger partial charge in [-0.2, -0.15) is 35.1 Å². The van der Waals surface area contributed by atoms with Crippen LogP contribution in [0.2, 0.25) is 0 Å². The Balaban J connectivity index is 0.000000135. The molecular formula is C72H96F8O31S5-4. The normalized spacial score (nSPS) is 39.2. The van der Waals surface area contributed by atoms with Gasteiger partial charge in [0.15, 0.2) is 71.0 Å². The van der Waals surface area contributed by atoms with Crippen LogP contribution in [0.5, 0.6) is 0 Å². The maximum absolute atomic E-state index is 13.8. The van der Waals surface area contributed by atoms with Crippen LogP contribution in [-0.2, 0) is 112 Å². The Hall–Kier alpha value is -4.03. The number of aliphatic hydroxyl groups is 4. The summed E-state index contributed by atoms with van der Waals surface area (Å²) in [4.78, 5) is 74.2. The number of carbonyl (C=O) groups is 6. The molecule has 0 radical (unpaired) electrons. The molecule has 0 amide bonds. The fourth-order valence-electron chi connectivity index (χ4n) is 24.4. The van der Waals surface area contributed by atoms with E-state index in [0.29, 0.717) is 90.4 Å². The van der Waals surface area contributed by atoms with Crippen LogP contribution in [0, 0.1) is 75.4 Å². The Morgan fingerprint density at radius 1 is 0.466 bits per heavy atom. The average molecular weight is 1770 g/mol. The predicted octanol–water partition coefficient (Wildman–Crippen LogP) is 5.84. The Kier molecular flexibility index (Phi) is 23.8. The first-order chi connectivity index (χ1) is 53.4. The summed E-state index contributed by atoms with van der Waals surface area (Å²) in [6, 6.07) is 0. The summed E-state index contributed by atoms with van der Waals surface area (Å²) in [5.41, 5.74) is -5.25. The van der Waals surface area contributed by atoms with Crippen LogP contribution in [0.3, 0.4) is 0 Å². The van der Waals surface area contributed by atoms with Gasteiger partial charge in [0.05, 0.1) is 56.9 Å². The summed E-state index contributed by atoms with van der Waals surface area (Å²) >= 11 is 1.47. The van der Waals surface area contributed by atoms with E-state index in [0.717, 1.165) is 117 Å². The zero-order valence-electron chi connectivity index (χ0n) is 63.6. The molecule has 12 aliphatic carbocycles. The molecule has 12 bridgehead atoms. The lowest BCUT2D eigenvalue weighted by Gasteiger charge is -2.65. The molecule has 116 heavy (non-hydrogen) atoms. The fraction of sp³-hybridized carbons (Fsp3) is 0.917. The topological polar surface area (TPSA) is 495 Å². The first kappa shape index (κ1) is 89.7. The fourth-order valence-corrected chi connectivity index (χ4v) is 28.3. The lowest BCUT2D eigenvalue weighted by molar-refractivity contribution is -0.222. The van der Waals surface area contributed by atoms with E-state index in [9.17, 15) is 136 Å². The lowest BCUT2D eigenvalue weighted by Crippen LogP contribution is -2.63. The van der Waals surface area contributed by atoms with Crippen molar-refractivity contribution in [1.29, 1.82) is 0 Å². The van der Waals surface area contributed by atoms with Crippen LogP contribution in [0.4, 0.5) is 35.1 Å². The summed E-state index contributed by atoms with van der Waals surface area (Å²) in [7, 11) is -23.9. The van der Waals surface area contributed by atoms with Gasteiger partial charge in [0.25, 0.3) is 0 Å². The third kappa shape index (κ3) is 15.4. The molecule has 44 heteroatoms. The van der Waals surface area contributed by atoms with Crippen molar-refractivity contribution in [3.63, 3.8) is 0 Å². The molecule has 6 aliphatic heterocycles. The van der Waals surface area contributed by atoms with Gasteiger partial charge in [-0.25, -0.2) is 43.3 Å². The molecule has 18 fully saturated rings. The van der Waals surface area contributed by atoms with Crippen LogP contribution in [-0.4, -0.2) is 236 Å². The summed E-state index contributed by atoms with van der Waals surface area (Å²) in [5.74, 6) is -7.03. The van der Waals surface area contributed by atoms with Crippen molar-refractivity contribution in [3.05, 3.63) is 0 Å². The van der Waals surface area contributed by atoms with Gasteiger partial charge in [-0.1, -0.05) is 51.4 Å². The lowest BCUT2D eigenvalue weighted by atomic mass is 9.40. The van der Waals surface area contributed by atoms with E-state index in [4.69, 9.17) is 33.2 Å². The molecule has 6 heterocycles. The van der Waals surface area contributed by atoms with Crippen LogP contribution >= 0.6 is 11.8 Å². The molecule has 0 aromatic heterocycles.